The van der Waals surface area contributed by atoms with Gasteiger partial charge in [-0.1, -0.05) is 0 Å². The second kappa shape index (κ2) is 4.42. The summed E-state index contributed by atoms with van der Waals surface area (Å²) in [4.78, 5) is 12.8. The Morgan fingerprint density at radius 2 is 2.42 bits per heavy atom. The Labute approximate surface area is 72.3 Å². The van der Waals surface area contributed by atoms with Crippen molar-refractivity contribution in [3.63, 3.8) is 0 Å². The number of likely N-dealkylation sites (tertiary alicyclic amines) is 1. The Bertz CT molecular complexity index is 159. The van der Waals surface area contributed by atoms with Gasteiger partial charge >= 0.3 is 5.97 Å². The molecule has 0 radical (unpaired) electrons. The molecule has 1 heterocycles. The molecule has 1 saturated heterocycles. The number of hydrogen-bond acceptors (Lipinski definition) is 3. The van der Waals surface area contributed by atoms with Gasteiger partial charge in [-0.2, -0.15) is 0 Å². The minimum Gasteiger partial charge on any atom is -0.481 e. The van der Waals surface area contributed by atoms with Gasteiger partial charge in [0.2, 0.25) is 0 Å². The normalized spacial score (nSPS) is 25.6. The van der Waals surface area contributed by atoms with Crippen molar-refractivity contribution >= 4 is 5.97 Å². The van der Waals surface area contributed by atoms with Gasteiger partial charge in [0.25, 0.3) is 0 Å². The Hall–Kier alpha value is -0.610. The van der Waals surface area contributed by atoms with Crippen molar-refractivity contribution in [2.24, 2.45) is 11.7 Å². The molecule has 70 valence electrons. The summed E-state index contributed by atoms with van der Waals surface area (Å²) in [5.41, 5.74) is 5.39. The number of nitrogens with two attached hydrogens (primary N) is 1. The van der Waals surface area contributed by atoms with Crippen molar-refractivity contribution in [1.29, 1.82) is 0 Å². The highest BCUT2D eigenvalue weighted by atomic mass is 16.4. The zero-order chi connectivity index (χ0) is 8.97. The van der Waals surface area contributed by atoms with Crippen LogP contribution in [0.2, 0.25) is 0 Å². The zero-order valence-corrected chi connectivity index (χ0v) is 7.20. The summed E-state index contributed by atoms with van der Waals surface area (Å²) in [5.74, 6) is -0.845. The molecule has 1 atom stereocenters. The van der Waals surface area contributed by atoms with E-state index in [0.29, 0.717) is 13.1 Å². The fourth-order valence-corrected chi connectivity index (χ4v) is 1.64. The van der Waals surface area contributed by atoms with Gasteiger partial charge < -0.3 is 15.7 Å². The number of rotatable bonds is 3. The Morgan fingerprint density at radius 3 is 3.00 bits per heavy atom. The number of hydrogen-bond donors (Lipinski definition) is 2. The number of piperidine rings is 1. The Kier molecular flexibility index (Phi) is 3.49. The lowest BCUT2D eigenvalue weighted by Crippen LogP contribution is -2.40. The molecule has 1 aliphatic rings. The number of carbonyl (C=O) groups is 1. The van der Waals surface area contributed by atoms with Gasteiger partial charge in [0.1, 0.15) is 0 Å². The van der Waals surface area contributed by atoms with Crippen LogP contribution in [0.3, 0.4) is 0 Å². The van der Waals surface area contributed by atoms with Crippen LogP contribution in [0.15, 0.2) is 0 Å². The number of carboxylic acids is 1. The average Bonchev–Trinajstić information content (AvgIpc) is 2.05. The third kappa shape index (κ3) is 2.46. The third-order valence-electron chi connectivity index (χ3n) is 2.30. The van der Waals surface area contributed by atoms with Crippen LogP contribution in [0.1, 0.15) is 12.8 Å². The van der Waals surface area contributed by atoms with Gasteiger partial charge in [0.15, 0.2) is 0 Å². The van der Waals surface area contributed by atoms with Gasteiger partial charge in [-0.05, 0) is 19.4 Å². The van der Waals surface area contributed by atoms with Gasteiger partial charge in [0, 0.05) is 19.6 Å². The molecule has 12 heavy (non-hydrogen) atoms. The van der Waals surface area contributed by atoms with E-state index in [1.165, 1.54) is 0 Å². The molecule has 1 fully saturated rings. The lowest BCUT2D eigenvalue weighted by molar-refractivity contribution is -0.143. The van der Waals surface area contributed by atoms with Crippen molar-refractivity contribution in [3.8, 4) is 0 Å². The summed E-state index contributed by atoms with van der Waals surface area (Å²) in [5, 5.41) is 8.77. The molecular weight excluding hydrogens is 156 g/mol. The van der Waals surface area contributed by atoms with E-state index in [0.717, 1.165) is 25.9 Å². The van der Waals surface area contributed by atoms with Crippen molar-refractivity contribution < 1.29 is 9.90 Å². The minimum absolute atomic E-state index is 0.176. The fraction of sp³-hybridized carbons (Fsp3) is 0.875. The largest absolute Gasteiger partial charge is 0.481 e. The van der Waals surface area contributed by atoms with Crippen molar-refractivity contribution in [2.75, 3.05) is 26.2 Å². The lowest BCUT2D eigenvalue weighted by Gasteiger charge is -2.29. The van der Waals surface area contributed by atoms with Gasteiger partial charge in [-0.25, -0.2) is 0 Å². The molecule has 1 rings (SSSR count). The van der Waals surface area contributed by atoms with Gasteiger partial charge in [0.05, 0.1) is 5.92 Å². The molecule has 0 aliphatic carbocycles. The SMILES string of the molecule is NCCN1CCCC(C(=O)O)C1. The van der Waals surface area contributed by atoms with Crippen LogP contribution < -0.4 is 5.73 Å². The average molecular weight is 172 g/mol. The van der Waals surface area contributed by atoms with E-state index in [4.69, 9.17) is 10.8 Å². The van der Waals surface area contributed by atoms with E-state index in [2.05, 4.69) is 4.90 Å². The maximum Gasteiger partial charge on any atom is 0.307 e. The Balaban J connectivity index is 2.35. The van der Waals surface area contributed by atoms with Crippen LogP contribution in [0, 0.1) is 5.92 Å². The summed E-state index contributed by atoms with van der Waals surface area (Å²) in [7, 11) is 0. The summed E-state index contributed by atoms with van der Waals surface area (Å²) in [6, 6.07) is 0. The number of aliphatic carboxylic acids is 1. The third-order valence-corrected chi connectivity index (χ3v) is 2.30. The highest BCUT2D eigenvalue weighted by molar-refractivity contribution is 5.70. The smallest absolute Gasteiger partial charge is 0.307 e. The molecule has 0 spiro atoms. The first kappa shape index (κ1) is 9.48. The van der Waals surface area contributed by atoms with Crippen LogP contribution in [0.25, 0.3) is 0 Å². The topological polar surface area (TPSA) is 66.6 Å². The first-order valence-electron chi connectivity index (χ1n) is 4.39. The van der Waals surface area contributed by atoms with E-state index in [1.807, 2.05) is 0 Å². The predicted octanol–water partition coefficient (Wildman–Crippen LogP) is -0.258. The van der Waals surface area contributed by atoms with E-state index >= 15 is 0 Å². The molecular formula is C8H16N2O2. The van der Waals surface area contributed by atoms with E-state index in [-0.39, 0.29) is 5.92 Å². The molecule has 0 aromatic carbocycles. The van der Waals surface area contributed by atoms with E-state index < -0.39 is 5.97 Å². The summed E-state index contributed by atoms with van der Waals surface area (Å²) in [6.07, 6.45) is 1.80. The highest BCUT2D eigenvalue weighted by Gasteiger charge is 2.24. The van der Waals surface area contributed by atoms with Crippen LogP contribution in [-0.2, 0) is 4.79 Å². The maximum absolute atomic E-state index is 10.6. The minimum atomic E-state index is -0.670. The highest BCUT2D eigenvalue weighted by Crippen LogP contribution is 2.15. The van der Waals surface area contributed by atoms with Crippen LogP contribution >= 0.6 is 0 Å². The first-order chi connectivity index (χ1) is 5.74. The molecule has 0 amide bonds. The van der Waals surface area contributed by atoms with E-state index in [1.54, 1.807) is 0 Å². The predicted molar refractivity (Wildman–Crippen MR) is 45.9 cm³/mol. The summed E-state index contributed by atoms with van der Waals surface area (Å²) < 4.78 is 0. The van der Waals surface area contributed by atoms with Crippen molar-refractivity contribution in [3.05, 3.63) is 0 Å². The van der Waals surface area contributed by atoms with Gasteiger partial charge in [-0.3, -0.25) is 4.79 Å². The maximum atomic E-state index is 10.6. The van der Waals surface area contributed by atoms with Crippen LogP contribution in [0.4, 0.5) is 0 Å². The van der Waals surface area contributed by atoms with Crippen molar-refractivity contribution in [1.82, 2.24) is 4.90 Å². The summed E-state index contributed by atoms with van der Waals surface area (Å²) in [6.45, 7) is 3.11. The summed E-state index contributed by atoms with van der Waals surface area (Å²) >= 11 is 0. The number of carboxylic acid groups (broad SMARTS) is 1. The molecule has 4 nitrogen and oxygen atoms in total. The fourth-order valence-electron chi connectivity index (χ4n) is 1.64. The molecule has 1 unspecified atom stereocenters. The first-order valence-corrected chi connectivity index (χ1v) is 4.39. The molecule has 4 heteroatoms. The van der Waals surface area contributed by atoms with Gasteiger partial charge in [-0.15, -0.1) is 0 Å². The molecule has 0 aromatic rings. The molecule has 0 saturated carbocycles. The second-order valence-electron chi connectivity index (χ2n) is 3.27. The molecule has 3 N–H and O–H groups in total. The lowest BCUT2D eigenvalue weighted by atomic mass is 9.98. The standard InChI is InChI=1S/C8H16N2O2/c9-3-5-10-4-1-2-7(6-10)8(11)12/h7H,1-6,9H2,(H,11,12). The monoisotopic (exact) mass is 172 g/mol. The Morgan fingerprint density at radius 1 is 1.67 bits per heavy atom. The molecule has 0 bridgehead atoms. The van der Waals surface area contributed by atoms with Crippen LogP contribution in [0.5, 0.6) is 0 Å². The second-order valence-corrected chi connectivity index (χ2v) is 3.27. The molecule has 1 aliphatic heterocycles. The van der Waals surface area contributed by atoms with Crippen molar-refractivity contribution in [2.45, 2.75) is 12.8 Å². The van der Waals surface area contributed by atoms with Crippen LogP contribution in [-0.4, -0.2) is 42.2 Å². The number of nitrogens with zero attached hydrogens (tertiary/aromatic N) is 1. The zero-order valence-electron chi connectivity index (χ0n) is 7.20. The quantitative estimate of drug-likeness (QED) is 0.615. The molecule has 0 aromatic heterocycles. The van der Waals surface area contributed by atoms with E-state index in [9.17, 15) is 4.79 Å².